The Bertz CT molecular complexity index is 917. The van der Waals surface area contributed by atoms with Crippen molar-refractivity contribution in [3.05, 3.63) is 58.1 Å². The van der Waals surface area contributed by atoms with Crippen molar-refractivity contribution in [3.8, 4) is 0 Å². The van der Waals surface area contributed by atoms with Crippen molar-refractivity contribution >= 4 is 38.9 Å². The number of carbonyl (C=O) groups excluding carboxylic acids is 1. The molecule has 2 aromatic carbocycles. The van der Waals surface area contributed by atoms with Crippen molar-refractivity contribution in [2.24, 2.45) is 0 Å². The third-order valence-electron chi connectivity index (χ3n) is 4.34. The fourth-order valence-electron chi connectivity index (χ4n) is 3.23. The molecular weight excluding hydrogens is 384 g/mol. The number of hydrogen-bond acceptors (Lipinski definition) is 3. The van der Waals surface area contributed by atoms with Crippen molar-refractivity contribution in [1.82, 2.24) is 0 Å². The van der Waals surface area contributed by atoms with E-state index in [1.54, 1.807) is 31.2 Å². The van der Waals surface area contributed by atoms with Gasteiger partial charge in [-0.25, -0.2) is 8.42 Å². The van der Waals surface area contributed by atoms with Crippen molar-refractivity contribution < 1.29 is 13.2 Å². The zero-order valence-corrected chi connectivity index (χ0v) is 17.8. The molecule has 146 valence electrons. The van der Waals surface area contributed by atoms with Gasteiger partial charge in [-0.05, 0) is 62.6 Å². The summed E-state index contributed by atoms with van der Waals surface area (Å²) in [5.41, 5.74) is 4.10. The highest BCUT2D eigenvalue weighted by molar-refractivity contribution is 7.92. The standard InChI is InChI=1S/C20H25ClN2O3S/c1-6-18(20(24)22-19-14(3)11-13(2)12-15(19)4)23(27(5,25)26)17-9-7-16(21)8-10-17/h7-12,18H,6H2,1-5H3,(H,22,24). The number of nitrogens with one attached hydrogen (secondary N) is 1. The Kier molecular flexibility index (Phi) is 6.54. The van der Waals surface area contributed by atoms with Crippen LogP contribution in [0.1, 0.15) is 30.0 Å². The fourth-order valence-corrected chi connectivity index (χ4v) is 4.57. The largest absolute Gasteiger partial charge is 0.324 e. The van der Waals surface area contributed by atoms with Crippen molar-refractivity contribution in [1.29, 1.82) is 0 Å². The van der Waals surface area contributed by atoms with Gasteiger partial charge in [0.1, 0.15) is 6.04 Å². The van der Waals surface area contributed by atoms with E-state index >= 15 is 0 Å². The Morgan fingerprint density at radius 3 is 2.07 bits per heavy atom. The Morgan fingerprint density at radius 2 is 1.63 bits per heavy atom. The molecule has 0 saturated carbocycles. The maximum atomic E-state index is 13.0. The zero-order chi connectivity index (χ0) is 20.4. The Morgan fingerprint density at radius 1 is 1.11 bits per heavy atom. The van der Waals surface area contributed by atoms with Crippen LogP contribution in [0, 0.1) is 20.8 Å². The summed E-state index contributed by atoms with van der Waals surface area (Å²) < 4.78 is 26.1. The van der Waals surface area contributed by atoms with E-state index in [0.717, 1.165) is 27.3 Å². The van der Waals surface area contributed by atoms with Gasteiger partial charge in [0, 0.05) is 10.7 Å². The molecular formula is C20H25ClN2O3S. The molecule has 5 nitrogen and oxygen atoms in total. The molecule has 1 atom stereocenters. The Balaban J connectivity index is 2.42. The lowest BCUT2D eigenvalue weighted by molar-refractivity contribution is -0.117. The lowest BCUT2D eigenvalue weighted by Crippen LogP contribution is -2.47. The van der Waals surface area contributed by atoms with Gasteiger partial charge in [0.25, 0.3) is 0 Å². The van der Waals surface area contributed by atoms with Crippen LogP contribution >= 0.6 is 11.6 Å². The molecule has 27 heavy (non-hydrogen) atoms. The maximum absolute atomic E-state index is 13.0. The molecule has 0 bridgehead atoms. The molecule has 0 aliphatic rings. The van der Waals surface area contributed by atoms with Crippen molar-refractivity contribution in [2.45, 2.75) is 40.2 Å². The van der Waals surface area contributed by atoms with E-state index in [1.807, 2.05) is 32.9 Å². The van der Waals surface area contributed by atoms with Gasteiger partial charge < -0.3 is 5.32 Å². The summed E-state index contributed by atoms with van der Waals surface area (Å²) in [6, 6.07) is 9.50. The highest BCUT2D eigenvalue weighted by Crippen LogP contribution is 2.27. The summed E-state index contributed by atoms with van der Waals surface area (Å²) in [5.74, 6) is -0.368. The number of carbonyl (C=O) groups is 1. The predicted molar refractivity (Wildman–Crippen MR) is 112 cm³/mol. The minimum atomic E-state index is -3.68. The molecule has 2 rings (SSSR count). The molecule has 1 N–H and O–H groups in total. The minimum absolute atomic E-state index is 0.325. The van der Waals surface area contributed by atoms with E-state index in [-0.39, 0.29) is 5.91 Å². The molecule has 7 heteroatoms. The number of rotatable bonds is 6. The van der Waals surface area contributed by atoms with E-state index in [2.05, 4.69) is 5.32 Å². The Labute approximate surface area is 166 Å². The van der Waals surface area contributed by atoms with Gasteiger partial charge in [-0.15, -0.1) is 0 Å². The molecule has 0 fully saturated rings. The quantitative estimate of drug-likeness (QED) is 0.767. The van der Waals surface area contributed by atoms with Gasteiger partial charge in [0.15, 0.2) is 0 Å². The SMILES string of the molecule is CCC(C(=O)Nc1c(C)cc(C)cc1C)N(c1ccc(Cl)cc1)S(C)(=O)=O. The third-order valence-corrected chi connectivity index (χ3v) is 5.77. The summed E-state index contributed by atoms with van der Waals surface area (Å²) in [4.78, 5) is 13.0. The number of amides is 1. The maximum Gasteiger partial charge on any atom is 0.248 e. The van der Waals surface area contributed by atoms with Gasteiger partial charge in [-0.1, -0.05) is 36.2 Å². The number of halogens is 1. The predicted octanol–water partition coefficient (Wildman–Crippen LogP) is 4.45. The number of sulfonamides is 1. The summed E-state index contributed by atoms with van der Waals surface area (Å²) in [6.45, 7) is 7.62. The summed E-state index contributed by atoms with van der Waals surface area (Å²) in [5, 5.41) is 3.42. The zero-order valence-electron chi connectivity index (χ0n) is 16.2. The number of nitrogens with zero attached hydrogens (tertiary/aromatic N) is 1. The van der Waals surface area contributed by atoms with Crippen LogP contribution < -0.4 is 9.62 Å². The molecule has 0 spiro atoms. The van der Waals surface area contributed by atoms with Crippen LogP contribution in [0.2, 0.25) is 5.02 Å². The lowest BCUT2D eigenvalue weighted by Gasteiger charge is -2.30. The van der Waals surface area contributed by atoms with Crippen molar-refractivity contribution in [2.75, 3.05) is 15.9 Å². The van der Waals surface area contributed by atoms with E-state index in [0.29, 0.717) is 22.8 Å². The van der Waals surface area contributed by atoms with Gasteiger partial charge >= 0.3 is 0 Å². The van der Waals surface area contributed by atoms with Gasteiger partial charge in [0.05, 0.1) is 11.9 Å². The first kappa shape index (κ1) is 21.3. The van der Waals surface area contributed by atoms with E-state index in [9.17, 15) is 13.2 Å². The van der Waals surface area contributed by atoms with E-state index in [4.69, 9.17) is 11.6 Å². The first-order valence-corrected chi connectivity index (χ1v) is 10.9. The van der Waals surface area contributed by atoms with Crippen LogP contribution in [-0.4, -0.2) is 26.6 Å². The van der Waals surface area contributed by atoms with Gasteiger partial charge in [-0.2, -0.15) is 0 Å². The minimum Gasteiger partial charge on any atom is -0.324 e. The number of aryl methyl sites for hydroxylation is 3. The fraction of sp³-hybridized carbons (Fsp3) is 0.350. The number of hydrogen-bond donors (Lipinski definition) is 1. The topological polar surface area (TPSA) is 66.5 Å². The smallest absolute Gasteiger partial charge is 0.248 e. The summed E-state index contributed by atoms with van der Waals surface area (Å²) in [6.07, 6.45) is 1.42. The molecule has 0 saturated heterocycles. The summed E-state index contributed by atoms with van der Waals surface area (Å²) in [7, 11) is -3.68. The molecule has 0 aromatic heterocycles. The molecule has 0 radical (unpaired) electrons. The highest BCUT2D eigenvalue weighted by atomic mass is 35.5. The number of benzene rings is 2. The summed E-state index contributed by atoms with van der Waals surface area (Å²) >= 11 is 5.91. The second-order valence-corrected chi connectivity index (χ2v) is 9.02. The average molecular weight is 409 g/mol. The first-order valence-electron chi connectivity index (χ1n) is 8.68. The van der Waals surface area contributed by atoms with E-state index in [1.165, 1.54) is 0 Å². The van der Waals surface area contributed by atoms with Gasteiger partial charge in [0.2, 0.25) is 15.9 Å². The third kappa shape index (κ3) is 5.02. The molecule has 2 aromatic rings. The van der Waals surface area contributed by atoms with Crippen LogP contribution in [-0.2, 0) is 14.8 Å². The molecule has 0 aliphatic carbocycles. The van der Waals surface area contributed by atoms with Crippen LogP contribution in [0.3, 0.4) is 0 Å². The molecule has 1 unspecified atom stereocenters. The van der Waals surface area contributed by atoms with Crippen molar-refractivity contribution in [3.63, 3.8) is 0 Å². The second kappa shape index (κ2) is 8.31. The van der Waals surface area contributed by atoms with Crippen LogP contribution in [0.4, 0.5) is 11.4 Å². The lowest BCUT2D eigenvalue weighted by atomic mass is 10.0. The van der Waals surface area contributed by atoms with Gasteiger partial charge in [-0.3, -0.25) is 9.10 Å². The Hall–Kier alpha value is -2.05. The molecule has 0 aliphatic heterocycles. The van der Waals surface area contributed by atoms with Crippen LogP contribution in [0.15, 0.2) is 36.4 Å². The monoisotopic (exact) mass is 408 g/mol. The molecule has 0 heterocycles. The average Bonchev–Trinajstić information content (AvgIpc) is 2.55. The first-order chi connectivity index (χ1) is 12.5. The molecule has 1 amide bonds. The van der Waals surface area contributed by atoms with E-state index < -0.39 is 16.1 Å². The normalized spacial score (nSPS) is 12.5. The second-order valence-electron chi connectivity index (χ2n) is 6.72. The highest BCUT2D eigenvalue weighted by Gasteiger charge is 2.31. The van der Waals surface area contributed by atoms with Crippen LogP contribution in [0.25, 0.3) is 0 Å². The number of anilines is 2. The van der Waals surface area contributed by atoms with Crippen LogP contribution in [0.5, 0.6) is 0 Å².